The van der Waals surface area contributed by atoms with Gasteiger partial charge in [-0.25, -0.2) is 0 Å². The number of nitriles is 1. The number of aryl methyl sites for hydroxylation is 1. The van der Waals surface area contributed by atoms with Crippen molar-refractivity contribution in [1.82, 2.24) is 0 Å². The van der Waals surface area contributed by atoms with E-state index in [2.05, 4.69) is 5.32 Å². The Hall–Kier alpha value is -3.75. The van der Waals surface area contributed by atoms with Crippen LogP contribution in [0.15, 0.2) is 72.3 Å². The van der Waals surface area contributed by atoms with Gasteiger partial charge in [0.2, 0.25) is 0 Å². The lowest BCUT2D eigenvalue weighted by molar-refractivity contribution is -0.112. The van der Waals surface area contributed by atoms with Crippen LogP contribution >= 0.6 is 11.6 Å². The maximum Gasteiger partial charge on any atom is 0.266 e. The molecule has 0 spiro atoms. The van der Waals surface area contributed by atoms with E-state index >= 15 is 0 Å². The molecular weight excluding hydrogens is 424 g/mol. The van der Waals surface area contributed by atoms with Gasteiger partial charge in [-0.1, -0.05) is 47.5 Å². The first-order valence-electron chi connectivity index (χ1n) is 10.1. The van der Waals surface area contributed by atoms with Crippen molar-refractivity contribution in [2.24, 2.45) is 0 Å². The number of hydrogen-bond acceptors (Lipinski definition) is 4. The summed E-state index contributed by atoms with van der Waals surface area (Å²) in [5.74, 6) is 0.730. The normalized spacial score (nSPS) is 10.9. The van der Waals surface area contributed by atoms with Crippen LogP contribution in [0.2, 0.25) is 5.02 Å². The minimum Gasteiger partial charge on any atom is -0.492 e. The maximum atomic E-state index is 12.5. The Morgan fingerprint density at radius 3 is 2.41 bits per heavy atom. The summed E-state index contributed by atoms with van der Waals surface area (Å²) in [6.45, 7) is 4.86. The minimum atomic E-state index is -0.508. The minimum absolute atomic E-state index is 0.0371. The largest absolute Gasteiger partial charge is 0.492 e. The van der Waals surface area contributed by atoms with Gasteiger partial charge in [0.25, 0.3) is 5.91 Å². The molecule has 0 bridgehead atoms. The molecule has 3 aromatic rings. The molecule has 3 aromatic carbocycles. The van der Waals surface area contributed by atoms with Gasteiger partial charge in [-0.05, 0) is 67.4 Å². The molecule has 0 fully saturated rings. The molecule has 0 aliphatic heterocycles. The van der Waals surface area contributed by atoms with E-state index in [1.807, 2.05) is 44.2 Å². The van der Waals surface area contributed by atoms with Gasteiger partial charge >= 0.3 is 0 Å². The lowest BCUT2D eigenvalue weighted by Crippen LogP contribution is -2.13. The highest BCUT2D eigenvalue weighted by Crippen LogP contribution is 2.26. The number of carbonyl (C=O) groups excluding carboxylic acids is 1. The van der Waals surface area contributed by atoms with Crippen LogP contribution in [-0.2, 0) is 11.4 Å². The van der Waals surface area contributed by atoms with Gasteiger partial charge in [0.05, 0.1) is 11.6 Å². The van der Waals surface area contributed by atoms with Crippen LogP contribution in [0.25, 0.3) is 6.08 Å². The van der Waals surface area contributed by atoms with Gasteiger partial charge in [0.1, 0.15) is 29.7 Å². The smallest absolute Gasteiger partial charge is 0.266 e. The van der Waals surface area contributed by atoms with Gasteiger partial charge in [0.15, 0.2) is 0 Å². The Kier molecular flexibility index (Phi) is 7.91. The average Bonchev–Trinajstić information content (AvgIpc) is 2.80. The molecule has 0 aliphatic carbocycles. The SMILES string of the molecule is CCOc1ccc(/C=C(\C#N)C(=O)Nc2ccc(OCc3ccc(C)cc3)cc2)cc1Cl. The second-order valence-corrected chi connectivity index (χ2v) is 7.45. The van der Waals surface area contributed by atoms with Crippen LogP contribution in [-0.4, -0.2) is 12.5 Å². The summed E-state index contributed by atoms with van der Waals surface area (Å²) in [5.41, 5.74) is 3.43. The molecule has 0 atom stereocenters. The predicted octanol–water partition coefficient (Wildman–Crippen LogP) is 6.17. The van der Waals surface area contributed by atoms with Gasteiger partial charge in [0, 0.05) is 5.69 Å². The van der Waals surface area contributed by atoms with Crippen molar-refractivity contribution < 1.29 is 14.3 Å². The van der Waals surface area contributed by atoms with E-state index in [0.717, 1.165) is 5.56 Å². The molecule has 0 aliphatic rings. The highest BCUT2D eigenvalue weighted by Gasteiger charge is 2.11. The highest BCUT2D eigenvalue weighted by atomic mass is 35.5. The van der Waals surface area contributed by atoms with Crippen molar-refractivity contribution in [2.45, 2.75) is 20.5 Å². The molecule has 1 amide bonds. The molecular formula is C26H23ClN2O3. The van der Waals surface area contributed by atoms with Gasteiger partial charge in [-0.15, -0.1) is 0 Å². The number of halogens is 1. The second-order valence-electron chi connectivity index (χ2n) is 7.05. The summed E-state index contributed by atoms with van der Waals surface area (Å²) in [6, 6.07) is 22.2. The third-order valence-corrected chi connectivity index (χ3v) is 4.87. The Morgan fingerprint density at radius 1 is 1.06 bits per heavy atom. The molecule has 1 N–H and O–H groups in total. The number of anilines is 1. The molecule has 162 valence electrons. The summed E-state index contributed by atoms with van der Waals surface area (Å²) in [7, 11) is 0. The van der Waals surface area contributed by atoms with E-state index in [4.69, 9.17) is 21.1 Å². The van der Waals surface area contributed by atoms with E-state index in [1.54, 1.807) is 42.5 Å². The average molecular weight is 447 g/mol. The Morgan fingerprint density at radius 2 is 1.78 bits per heavy atom. The van der Waals surface area contributed by atoms with Crippen LogP contribution in [0.5, 0.6) is 11.5 Å². The number of nitrogens with one attached hydrogen (secondary N) is 1. The monoisotopic (exact) mass is 446 g/mol. The molecule has 0 saturated carbocycles. The van der Waals surface area contributed by atoms with Crippen LogP contribution in [0.1, 0.15) is 23.6 Å². The first-order valence-corrected chi connectivity index (χ1v) is 10.5. The van der Waals surface area contributed by atoms with Crippen molar-refractivity contribution in [2.75, 3.05) is 11.9 Å². The molecule has 0 radical (unpaired) electrons. The number of nitrogens with zero attached hydrogens (tertiary/aromatic N) is 1. The predicted molar refractivity (Wildman–Crippen MR) is 127 cm³/mol. The van der Waals surface area contributed by atoms with Crippen molar-refractivity contribution in [3.8, 4) is 17.6 Å². The van der Waals surface area contributed by atoms with Crippen LogP contribution < -0.4 is 14.8 Å². The fourth-order valence-electron chi connectivity index (χ4n) is 2.88. The van der Waals surface area contributed by atoms with E-state index in [1.165, 1.54) is 11.6 Å². The van der Waals surface area contributed by atoms with Crippen molar-refractivity contribution in [1.29, 1.82) is 5.26 Å². The number of carbonyl (C=O) groups is 1. The molecule has 32 heavy (non-hydrogen) atoms. The molecule has 0 heterocycles. The van der Waals surface area contributed by atoms with Gasteiger partial charge < -0.3 is 14.8 Å². The summed E-state index contributed by atoms with van der Waals surface area (Å²) >= 11 is 6.18. The van der Waals surface area contributed by atoms with Gasteiger partial charge in [-0.2, -0.15) is 5.26 Å². The molecule has 0 aromatic heterocycles. The Labute approximate surface area is 192 Å². The number of rotatable bonds is 8. The van der Waals surface area contributed by atoms with Crippen LogP contribution in [0.4, 0.5) is 5.69 Å². The maximum absolute atomic E-state index is 12.5. The van der Waals surface area contributed by atoms with Crippen molar-refractivity contribution in [3.63, 3.8) is 0 Å². The fourth-order valence-corrected chi connectivity index (χ4v) is 3.12. The Bertz CT molecular complexity index is 1150. The van der Waals surface area contributed by atoms with Crippen LogP contribution in [0, 0.1) is 18.3 Å². The quantitative estimate of drug-likeness (QED) is 0.331. The van der Waals surface area contributed by atoms with Crippen molar-refractivity contribution >= 4 is 29.3 Å². The summed E-state index contributed by atoms with van der Waals surface area (Å²) in [5, 5.41) is 12.6. The third-order valence-electron chi connectivity index (χ3n) is 4.57. The molecule has 5 nitrogen and oxygen atoms in total. The van der Waals surface area contributed by atoms with E-state index in [9.17, 15) is 10.1 Å². The van der Waals surface area contributed by atoms with E-state index in [-0.39, 0.29) is 5.57 Å². The first kappa shape index (κ1) is 22.9. The second kappa shape index (κ2) is 11.0. The van der Waals surface area contributed by atoms with Crippen LogP contribution in [0.3, 0.4) is 0 Å². The third kappa shape index (κ3) is 6.37. The lowest BCUT2D eigenvalue weighted by Gasteiger charge is -2.09. The fraction of sp³-hybridized carbons (Fsp3) is 0.154. The molecule has 0 saturated heterocycles. The van der Waals surface area contributed by atoms with E-state index in [0.29, 0.717) is 41.0 Å². The topological polar surface area (TPSA) is 71.3 Å². The molecule has 6 heteroatoms. The Balaban J connectivity index is 1.62. The summed E-state index contributed by atoms with van der Waals surface area (Å²) < 4.78 is 11.2. The van der Waals surface area contributed by atoms with Gasteiger partial charge in [-0.3, -0.25) is 4.79 Å². The molecule has 0 unspecified atom stereocenters. The number of hydrogen-bond donors (Lipinski definition) is 1. The van der Waals surface area contributed by atoms with Crippen molar-refractivity contribution in [3.05, 3.63) is 94.0 Å². The number of benzene rings is 3. The van der Waals surface area contributed by atoms with E-state index < -0.39 is 5.91 Å². The first-order chi connectivity index (χ1) is 15.5. The highest BCUT2D eigenvalue weighted by molar-refractivity contribution is 6.32. The zero-order valence-electron chi connectivity index (χ0n) is 17.9. The zero-order chi connectivity index (χ0) is 22.9. The standard InChI is InChI=1S/C26H23ClN2O3/c1-3-31-25-13-8-20(15-24(25)27)14-21(16-28)26(30)29-22-9-11-23(12-10-22)32-17-19-6-4-18(2)5-7-19/h4-15H,3,17H2,1-2H3,(H,29,30)/b21-14+. The number of ether oxygens (including phenoxy) is 2. The lowest BCUT2D eigenvalue weighted by atomic mass is 10.1. The zero-order valence-corrected chi connectivity index (χ0v) is 18.6. The molecule has 3 rings (SSSR count). The number of amides is 1. The summed E-state index contributed by atoms with van der Waals surface area (Å²) in [4.78, 5) is 12.5. The summed E-state index contributed by atoms with van der Waals surface area (Å²) in [6.07, 6.45) is 1.48.